The van der Waals surface area contributed by atoms with Gasteiger partial charge in [-0.3, -0.25) is 5.43 Å². The quantitative estimate of drug-likeness (QED) is 0.603. The third kappa shape index (κ3) is 2.00. The average molecular weight is 219 g/mol. The van der Waals surface area contributed by atoms with E-state index in [4.69, 9.17) is 5.84 Å². The molecule has 2 rings (SSSR count). The van der Waals surface area contributed by atoms with Crippen molar-refractivity contribution >= 4 is 16.5 Å². The summed E-state index contributed by atoms with van der Waals surface area (Å²) in [5.41, 5.74) is 6.05. The third-order valence-electron chi connectivity index (χ3n) is 2.20. The molecule has 0 saturated carbocycles. The van der Waals surface area contributed by atoms with E-state index in [9.17, 15) is 0 Å². The Hall–Kier alpha value is -1.39. The molecule has 2 aromatic rings. The van der Waals surface area contributed by atoms with E-state index in [-0.39, 0.29) is 0 Å². The first-order valence-electron chi connectivity index (χ1n) is 4.72. The number of nitrogen functional groups attached to an aromatic ring is 1. The third-order valence-corrected chi connectivity index (χ3v) is 3.34. The summed E-state index contributed by atoms with van der Waals surface area (Å²) in [7, 11) is 0. The number of hydrazine groups is 1. The minimum absolute atomic E-state index is 0.754. The Kier molecular flexibility index (Phi) is 2.70. The van der Waals surface area contributed by atoms with Crippen LogP contribution in [0.2, 0.25) is 0 Å². The highest BCUT2D eigenvalue weighted by Gasteiger charge is 2.08. The van der Waals surface area contributed by atoms with Gasteiger partial charge < -0.3 is 0 Å². The molecule has 78 valence electrons. The van der Waals surface area contributed by atoms with E-state index < -0.39 is 0 Å². The Labute approximate surface area is 92.9 Å². The van der Waals surface area contributed by atoms with Gasteiger partial charge in [0.25, 0.3) is 0 Å². The lowest BCUT2D eigenvalue weighted by atomic mass is 10.1. The van der Waals surface area contributed by atoms with Crippen molar-refractivity contribution in [1.29, 1.82) is 0 Å². The first-order valence-corrected chi connectivity index (χ1v) is 5.53. The molecular formula is C11H13N3S. The van der Waals surface area contributed by atoms with Crippen LogP contribution in [0.3, 0.4) is 0 Å². The van der Waals surface area contributed by atoms with Crippen LogP contribution in [0.15, 0.2) is 24.3 Å². The number of aromatic nitrogens is 1. The summed E-state index contributed by atoms with van der Waals surface area (Å²) < 4.78 is 0. The van der Waals surface area contributed by atoms with Crippen LogP contribution in [-0.2, 0) is 0 Å². The van der Waals surface area contributed by atoms with Crippen molar-refractivity contribution in [3.05, 3.63) is 35.5 Å². The van der Waals surface area contributed by atoms with Gasteiger partial charge in [0.2, 0.25) is 0 Å². The van der Waals surface area contributed by atoms with Gasteiger partial charge in [-0.25, -0.2) is 10.8 Å². The van der Waals surface area contributed by atoms with Crippen molar-refractivity contribution in [1.82, 2.24) is 4.98 Å². The van der Waals surface area contributed by atoms with Crippen LogP contribution < -0.4 is 11.3 Å². The van der Waals surface area contributed by atoms with Gasteiger partial charge in [-0.15, -0.1) is 0 Å². The second-order valence-corrected chi connectivity index (χ2v) is 4.45. The van der Waals surface area contributed by atoms with E-state index in [2.05, 4.69) is 41.6 Å². The van der Waals surface area contributed by atoms with Gasteiger partial charge in [-0.2, -0.15) is 0 Å². The number of rotatable bonds is 2. The summed E-state index contributed by atoms with van der Waals surface area (Å²) in [6.45, 7) is 4.08. The fourth-order valence-corrected chi connectivity index (χ4v) is 2.39. The van der Waals surface area contributed by atoms with Crippen molar-refractivity contribution in [2.45, 2.75) is 13.8 Å². The highest BCUT2D eigenvalue weighted by atomic mass is 32.1. The highest BCUT2D eigenvalue weighted by molar-refractivity contribution is 7.19. The number of nitrogens with two attached hydrogens (primary N) is 1. The zero-order valence-electron chi connectivity index (χ0n) is 8.74. The Morgan fingerprint density at radius 3 is 2.73 bits per heavy atom. The smallest absolute Gasteiger partial charge is 0.197 e. The van der Waals surface area contributed by atoms with Gasteiger partial charge in [0.05, 0.1) is 10.6 Å². The standard InChI is InChI=1S/C11H13N3S/c1-7-4-3-5-9(6-7)10-8(2)13-11(14-12)15-10/h3-6H,12H2,1-2H3,(H,13,14). The second-order valence-electron chi connectivity index (χ2n) is 3.45. The molecule has 0 amide bonds. The summed E-state index contributed by atoms with van der Waals surface area (Å²) in [5.74, 6) is 5.34. The number of aryl methyl sites for hydroxylation is 2. The lowest BCUT2D eigenvalue weighted by Gasteiger charge is -1.99. The minimum Gasteiger partial charge on any atom is -0.300 e. The molecule has 3 nitrogen and oxygen atoms in total. The monoisotopic (exact) mass is 219 g/mol. The van der Waals surface area contributed by atoms with E-state index >= 15 is 0 Å². The minimum atomic E-state index is 0.754. The van der Waals surface area contributed by atoms with Crippen LogP contribution >= 0.6 is 11.3 Å². The first kappa shape index (κ1) is 10.1. The Morgan fingerprint density at radius 2 is 2.13 bits per heavy atom. The second kappa shape index (κ2) is 4.00. The van der Waals surface area contributed by atoms with Gasteiger partial charge in [0.15, 0.2) is 5.13 Å². The molecule has 1 aromatic carbocycles. The summed E-state index contributed by atoms with van der Waals surface area (Å²) in [6, 6.07) is 8.38. The lowest BCUT2D eigenvalue weighted by molar-refractivity contribution is 1.22. The van der Waals surface area contributed by atoms with Crippen LogP contribution in [0.4, 0.5) is 5.13 Å². The SMILES string of the molecule is Cc1cccc(-c2sc(NN)nc2C)c1. The topological polar surface area (TPSA) is 50.9 Å². The van der Waals surface area contributed by atoms with Crippen molar-refractivity contribution in [2.75, 3.05) is 5.43 Å². The van der Waals surface area contributed by atoms with E-state index in [0.29, 0.717) is 0 Å². The highest BCUT2D eigenvalue weighted by Crippen LogP contribution is 2.32. The van der Waals surface area contributed by atoms with Crippen molar-refractivity contribution in [3.8, 4) is 10.4 Å². The number of nitrogens with one attached hydrogen (secondary N) is 1. The van der Waals surface area contributed by atoms with Crippen LogP contribution in [0.5, 0.6) is 0 Å². The number of nitrogens with zero attached hydrogens (tertiary/aromatic N) is 1. The number of benzene rings is 1. The molecule has 0 radical (unpaired) electrons. The fraction of sp³-hybridized carbons (Fsp3) is 0.182. The first-order chi connectivity index (χ1) is 7.20. The number of hydrogen-bond acceptors (Lipinski definition) is 4. The molecule has 0 aliphatic carbocycles. The van der Waals surface area contributed by atoms with Gasteiger partial charge in [-0.05, 0) is 19.4 Å². The van der Waals surface area contributed by atoms with Gasteiger partial charge in [0.1, 0.15) is 0 Å². The number of thiazole rings is 1. The van der Waals surface area contributed by atoms with Crippen LogP contribution in [-0.4, -0.2) is 4.98 Å². The van der Waals surface area contributed by atoms with Gasteiger partial charge in [-0.1, -0.05) is 41.2 Å². The molecule has 0 saturated heterocycles. The lowest BCUT2D eigenvalue weighted by Crippen LogP contribution is -2.05. The summed E-state index contributed by atoms with van der Waals surface area (Å²) >= 11 is 1.57. The molecule has 0 unspecified atom stereocenters. The van der Waals surface area contributed by atoms with Crippen molar-refractivity contribution < 1.29 is 0 Å². The molecular weight excluding hydrogens is 206 g/mol. The largest absolute Gasteiger partial charge is 0.300 e. The maximum atomic E-state index is 5.34. The predicted octanol–water partition coefficient (Wildman–Crippen LogP) is 2.71. The summed E-state index contributed by atoms with van der Waals surface area (Å²) in [5, 5.41) is 0.754. The molecule has 0 atom stereocenters. The van der Waals surface area contributed by atoms with E-state index in [0.717, 1.165) is 10.8 Å². The molecule has 15 heavy (non-hydrogen) atoms. The molecule has 0 aliphatic heterocycles. The molecule has 0 aliphatic rings. The number of anilines is 1. The summed E-state index contributed by atoms with van der Waals surface area (Å²) in [4.78, 5) is 5.49. The zero-order valence-corrected chi connectivity index (χ0v) is 9.56. The Morgan fingerprint density at radius 1 is 1.33 bits per heavy atom. The normalized spacial score (nSPS) is 10.3. The number of hydrogen-bond donors (Lipinski definition) is 2. The van der Waals surface area contributed by atoms with E-state index in [1.807, 2.05) is 6.92 Å². The Bertz CT molecular complexity index is 476. The zero-order chi connectivity index (χ0) is 10.8. The van der Waals surface area contributed by atoms with Crippen molar-refractivity contribution in [3.63, 3.8) is 0 Å². The van der Waals surface area contributed by atoms with Crippen LogP contribution in [0.1, 0.15) is 11.3 Å². The van der Waals surface area contributed by atoms with Gasteiger partial charge in [0, 0.05) is 0 Å². The molecule has 4 heteroatoms. The molecule has 0 spiro atoms. The maximum absolute atomic E-state index is 5.34. The van der Waals surface area contributed by atoms with Gasteiger partial charge >= 0.3 is 0 Å². The molecule has 0 bridgehead atoms. The van der Waals surface area contributed by atoms with Crippen molar-refractivity contribution in [2.24, 2.45) is 5.84 Å². The fourth-order valence-electron chi connectivity index (χ4n) is 1.51. The Balaban J connectivity index is 2.48. The molecule has 1 aromatic heterocycles. The van der Waals surface area contributed by atoms with E-state index in [1.54, 1.807) is 11.3 Å². The summed E-state index contributed by atoms with van der Waals surface area (Å²) in [6.07, 6.45) is 0. The average Bonchev–Trinajstić information content (AvgIpc) is 2.60. The molecule has 1 heterocycles. The van der Waals surface area contributed by atoms with E-state index in [1.165, 1.54) is 16.0 Å². The molecule has 3 N–H and O–H groups in total. The molecule has 0 fully saturated rings. The van der Waals surface area contributed by atoms with Crippen LogP contribution in [0.25, 0.3) is 10.4 Å². The maximum Gasteiger partial charge on any atom is 0.197 e. The predicted molar refractivity (Wildman–Crippen MR) is 64.8 cm³/mol. The van der Waals surface area contributed by atoms with Crippen LogP contribution in [0, 0.1) is 13.8 Å².